The minimum atomic E-state index is -3.22. The molecule has 1 N–H and O–H groups in total. The summed E-state index contributed by atoms with van der Waals surface area (Å²) in [5.41, 5.74) is 0.513. The van der Waals surface area contributed by atoms with Crippen molar-refractivity contribution in [3.8, 4) is 0 Å². The van der Waals surface area contributed by atoms with Gasteiger partial charge < -0.3 is 4.74 Å². The second-order valence-electron chi connectivity index (χ2n) is 4.38. The first-order valence-electron chi connectivity index (χ1n) is 5.61. The van der Waals surface area contributed by atoms with Crippen molar-refractivity contribution in [1.29, 1.82) is 0 Å². The first-order valence-corrected chi connectivity index (χ1v) is 7.50. The number of nitrogens with zero attached hydrogens (tertiary/aromatic N) is 2. The average Bonchev–Trinajstić information content (AvgIpc) is 2.64. The number of nitrogens with one attached hydrogen (secondary N) is 1. The lowest BCUT2D eigenvalue weighted by atomic mass is 10.0. The molecular formula is C10H17N3O3S. The van der Waals surface area contributed by atoms with E-state index in [0.29, 0.717) is 11.6 Å². The van der Waals surface area contributed by atoms with Gasteiger partial charge in [0.25, 0.3) is 0 Å². The molecule has 0 radical (unpaired) electrons. The molecule has 0 aliphatic carbocycles. The molecule has 96 valence electrons. The molecular weight excluding hydrogens is 242 g/mol. The topological polar surface area (TPSA) is 73.2 Å². The van der Waals surface area contributed by atoms with Crippen molar-refractivity contribution >= 4 is 15.7 Å². The number of rotatable bonds is 4. The highest BCUT2D eigenvalue weighted by atomic mass is 32.2. The molecule has 2 rings (SSSR count). The van der Waals surface area contributed by atoms with Crippen molar-refractivity contribution < 1.29 is 13.2 Å². The smallest absolute Gasteiger partial charge is 0.229 e. The first-order chi connectivity index (χ1) is 8.03. The number of hydrogen-bond acceptors (Lipinski definition) is 4. The Morgan fingerprint density at radius 1 is 1.53 bits per heavy atom. The summed E-state index contributed by atoms with van der Waals surface area (Å²) >= 11 is 0. The molecule has 1 saturated heterocycles. The Balaban J connectivity index is 1.93. The van der Waals surface area contributed by atoms with Gasteiger partial charge in [0.1, 0.15) is 0 Å². The van der Waals surface area contributed by atoms with Gasteiger partial charge in [-0.15, -0.1) is 0 Å². The molecule has 7 heteroatoms. The van der Waals surface area contributed by atoms with Crippen LogP contribution in [0, 0.1) is 5.92 Å². The zero-order valence-electron chi connectivity index (χ0n) is 9.80. The van der Waals surface area contributed by atoms with E-state index in [1.54, 1.807) is 10.9 Å². The van der Waals surface area contributed by atoms with E-state index in [4.69, 9.17) is 4.74 Å². The van der Waals surface area contributed by atoms with Gasteiger partial charge in [0, 0.05) is 26.0 Å². The number of ether oxygens (including phenoxy) is 1. The molecule has 0 bridgehead atoms. The van der Waals surface area contributed by atoms with Crippen LogP contribution < -0.4 is 4.72 Å². The molecule has 6 nitrogen and oxygen atoms in total. The monoisotopic (exact) mass is 259 g/mol. The van der Waals surface area contributed by atoms with Crippen LogP contribution in [0.25, 0.3) is 0 Å². The largest absolute Gasteiger partial charge is 0.381 e. The Bertz CT molecular complexity index is 463. The number of anilines is 1. The second-order valence-corrected chi connectivity index (χ2v) is 6.13. The van der Waals surface area contributed by atoms with Crippen LogP contribution >= 0.6 is 0 Å². The van der Waals surface area contributed by atoms with Crippen LogP contribution in [0.5, 0.6) is 0 Å². The van der Waals surface area contributed by atoms with Gasteiger partial charge in [-0.05, 0) is 18.8 Å². The molecule has 1 aliphatic rings. The molecule has 17 heavy (non-hydrogen) atoms. The first kappa shape index (κ1) is 12.4. The van der Waals surface area contributed by atoms with Crippen LogP contribution in [-0.2, 0) is 21.3 Å². The van der Waals surface area contributed by atoms with E-state index < -0.39 is 10.0 Å². The fourth-order valence-corrected chi connectivity index (χ4v) is 2.46. The van der Waals surface area contributed by atoms with Gasteiger partial charge in [-0.2, -0.15) is 5.10 Å². The third-order valence-electron chi connectivity index (χ3n) is 2.72. The normalized spacial score (nSPS) is 18.2. The molecule has 0 aromatic carbocycles. The third-order valence-corrected chi connectivity index (χ3v) is 3.33. The predicted octanol–water partition coefficient (Wildman–Crippen LogP) is 0.681. The molecule has 0 unspecified atom stereocenters. The summed E-state index contributed by atoms with van der Waals surface area (Å²) in [4.78, 5) is 0. The molecule has 2 heterocycles. The maximum absolute atomic E-state index is 11.0. The van der Waals surface area contributed by atoms with Crippen LogP contribution in [0.3, 0.4) is 0 Å². The lowest BCUT2D eigenvalue weighted by Gasteiger charge is -2.21. The molecule has 0 saturated carbocycles. The molecule has 1 fully saturated rings. The number of aromatic nitrogens is 2. The van der Waals surface area contributed by atoms with Crippen LogP contribution in [0.1, 0.15) is 12.8 Å². The van der Waals surface area contributed by atoms with Crippen molar-refractivity contribution in [2.45, 2.75) is 19.4 Å². The lowest BCUT2D eigenvalue weighted by molar-refractivity contribution is 0.0601. The highest BCUT2D eigenvalue weighted by molar-refractivity contribution is 7.92. The minimum absolute atomic E-state index is 0.513. The molecule has 0 spiro atoms. The molecule has 1 aromatic heterocycles. The Morgan fingerprint density at radius 2 is 2.24 bits per heavy atom. The summed E-state index contributed by atoms with van der Waals surface area (Å²) in [7, 11) is -3.22. The van der Waals surface area contributed by atoms with Gasteiger partial charge in [-0.1, -0.05) is 0 Å². The number of sulfonamides is 1. The summed E-state index contributed by atoms with van der Waals surface area (Å²) in [6.45, 7) is 2.43. The van der Waals surface area contributed by atoms with Crippen molar-refractivity contribution in [2.75, 3.05) is 24.2 Å². The zero-order chi connectivity index (χ0) is 12.3. The Hall–Kier alpha value is -1.08. The fourth-order valence-electron chi connectivity index (χ4n) is 1.92. The van der Waals surface area contributed by atoms with E-state index in [0.717, 1.165) is 38.9 Å². The van der Waals surface area contributed by atoms with E-state index in [2.05, 4.69) is 9.82 Å². The average molecular weight is 259 g/mol. The second kappa shape index (κ2) is 5.05. The third kappa shape index (κ3) is 4.01. The Kier molecular flexibility index (Phi) is 3.68. The van der Waals surface area contributed by atoms with E-state index in [-0.39, 0.29) is 0 Å². The predicted molar refractivity (Wildman–Crippen MR) is 64.2 cm³/mol. The minimum Gasteiger partial charge on any atom is -0.381 e. The summed E-state index contributed by atoms with van der Waals surface area (Å²) < 4.78 is 31.5. The van der Waals surface area contributed by atoms with Gasteiger partial charge in [-0.25, -0.2) is 8.42 Å². The Morgan fingerprint density at radius 3 is 2.88 bits per heavy atom. The van der Waals surface area contributed by atoms with Crippen molar-refractivity contribution in [3.63, 3.8) is 0 Å². The molecule has 1 aliphatic heterocycles. The SMILES string of the molecule is CS(=O)(=O)Nc1cnn(CC2CCOCC2)c1. The van der Waals surface area contributed by atoms with Gasteiger partial charge in [0.2, 0.25) is 10.0 Å². The highest BCUT2D eigenvalue weighted by Gasteiger charge is 2.15. The zero-order valence-corrected chi connectivity index (χ0v) is 10.6. The maximum Gasteiger partial charge on any atom is 0.229 e. The van der Waals surface area contributed by atoms with E-state index in [1.807, 2.05) is 0 Å². The summed E-state index contributed by atoms with van der Waals surface area (Å²) in [6, 6.07) is 0. The fraction of sp³-hybridized carbons (Fsp3) is 0.700. The van der Waals surface area contributed by atoms with E-state index in [9.17, 15) is 8.42 Å². The van der Waals surface area contributed by atoms with Gasteiger partial charge in [0.05, 0.1) is 18.1 Å². The quantitative estimate of drug-likeness (QED) is 0.863. The molecule has 0 atom stereocenters. The van der Waals surface area contributed by atoms with Gasteiger partial charge in [0.15, 0.2) is 0 Å². The van der Waals surface area contributed by atoms with Crippen molar-refractivity contribution in [1.82, 2.24) is 9.78 Å². The standard InChI is InChI=1S/C10H17N3O3S/c1-17(14,15)12-10-6-11-13(8-10)7-9-2-4-16-5-3-9/h6,8-9,12H,2-5,7H2,1H3. The van der Waals surface area contributed by atoms with Crippen LogP contribution in [0.15, 0.2) is 12.4 Å². The maximum atomic E-state index is 11.0. The van der Waals surface area contributed by atoms with Gasteiger partial charge in [-0.3, -0.25) is 9.40 Å². The summed E-state index contributed by atoms with van der Waals surface area (Å²) in [5.74, 6) is 0.565. The molecule has 0 amide bonds. The van der Waals surface area contributed by atoms with Gasteiger partial charge >= 0.3 is 0 Å². The van der Waals surface area contributed by atoms with Crippen LogP contribution in [-0.4, -0.2) is 37.7 Å². The lowest BCUT2D eigenvalue weighted by Crippen LogP contribution is -2.20. The summed E-state index contributed by atoms with van der Waals surface area (Å²) in [5, 5.41) is 4.14. The summed E-state index contributed by atoms with van der Waals surface area (Å²) in [6.07, 6.45) is 6.45. The highest BCUT2D eigenvalue weighted by Crippen LogP contribution is 2.17. The number of hydrogen-bond donors (Lipinski definition) is 1. The Labute approximate surface area is 101 Å². The van der Waals surface area contributed by atoms with E-state index in [1.165, 1.54) is 6.20 Å². The van der Waals surface area contributed by atoms with E-state index >= 15 is 0 Å². The molecule has 1 aromatic rings. The van der Waals surface area contributed by atoms with Crippen molar-refractivity contribution in [2.24, 2.45) is 5.92 Å². The van der Waals surface area contributed by atoms with Crippen LogP contribution in [0.4, 0.5) is 5.69 Å². The van der Waals surface area contributed by atoms with Crippen molar-refractivity contribution in [3.05, 3.63) is 12.4 Å². The van der Waals surface area contributed by atoms with Crippen LogP contribution in [0.2, 0.25) is 0 Å².